The van der Waals surface area contributed by atoms with Crippen LogP contribution < -0.4 is 15.2 Å². The maximum Gasteiger partial charge on any atom is 0.161 e. The van der Waals surface area contributed by atoms with Crippen molar-refractivity contribution < 1.29 is 9.47 Å². The van der Waals surface area contributed by atoms with E-state index in [-0.39, 0.29) is 0 Å². The molecule has 0 aliphatic carbocycles. The van der Waals surface area contributed by atoms with Crippen molar-refractivity contribution >= 4 is 5.82 Å². The van der Waals surface area contributed by atoms with E-state index in [1.165, 1.54) is 0 Å². The Morgan fingerprint density at radius 1 is 1.29 bits per heavy atom. The number of anilines is 1. The Morgan fingerprint density at radius 3 is 2.59 bits per heavy atom. The highest BCUT2D eigenvalue weighted by atomic mass is 16.5. The van der Waals surface area contributed by atoms with Gasteiger partial charge in [-0.1, -0.05) is 12.1 Å². The van der Waals surface area contributed by atoms with Crippen LogP contribution >= 0.6 is 0 Å². The van der Waals surface area contributed by atoms with E-state index in [1.54, 1.807) is 24.9 Å². The average molecular weight is 233 g/mol. The Morgan fingerprint density at radius 2 is 2.00 bits per heavy atom. The highest BCUT2D eigenvalue weighted by Gasteiger charge is 2.05. The summed E-state index contributed by atoms with van der Waals surface area (Å²) in [4.78, 5) is 0. The summed E-state index contributed by atoms with van der Waals surface area (Å²) in [5.74, 6) is 2.01. The van der Waals surface area contributed by atoms with Gasteiger partial charge >= 0.3 is 0 Å². The number of para-hydroxylation sites is 2. The smallest absolute Gasteiger partial charge is 0.161 e. The minimum atomic E-state index is 0.366. The maximum absolute atomic E-state index is 5.69. The molecule has 1 aromatic heterocycles. The number of methoxy groups -OCH3 is 1. The topological polar surface area (TPSA) is 62.3 Å². The van der Waals surface area contributed by atoms with Crippen LogP contribution in [-0.4, -0.2) is 16.9 Å². The largest absolute Gasteiger partial charge is 0.493 e. The van der Waals surface area contributed by atoms with Crippen molar-refractivity contribution in [2.45, 2.75) is 6.61 Å². The van der Waals surface area contributed by atoms with Crippen molar-refractivity contribution in [3.63, 3.8) is 0 Å². The lowest BCUT2D eigenvalue weighted by Crippen LogP contribution is -2.00. The summed E-state index contributed by atoms with van der Waals surface area (Å²) in [6.07, 6.45) is 0. The summed E-state index contributed by atoms with van der Waals surface area (Å²) in [5, 5.41) is 4.21. The molecule has 0 fully saturated rings. The van der Waals surface area contributed by atoms with Gasteiger partial charge in [-0.15, -0.1) is 0 Å². The minimum Gasteiger partial charge on any atom is -0.493 e. The highest BCUT2D eigenvalue weighted by molar-refractivity contribution is 5.39. The molecule has 5 heteroatoms. The molecule has 0 atom stereocenters. The van der Waals surface area contributed by atoms with Gasteiger partial charge in [-0.2, -0.15) is 5.10 Å². The van der Waals surface area contributed by atoms with Crippen LogP contribution in [0.25, 0.3) is 0 Å². The molecule has 0 saturated heterocycles. The van der Waals surface area contributed by atoms with Gasteiger partial charge < -0.3 is 15.2 Å². The monoisotopic (exact) mass is 233 g/mol. The Kier molecular flexibility index (Phi) is 3.18. The molecule has 2 N–H and O–H groups in total. The molecule has 0 amide bonds. The number of benzene rings is 1. The van der Waals surface area contributed by atoms with Gasteiger partial charge in [0.1, 0.15) is 18.1 Å². The summed E-state index contributed by atoms with van der Waals surface area (Å²) in [6, 6.07) is 9.28. The summed E-state index contributed by atoms with van der Waals surface area (Å²) in [7, 11) is 3.41. The first kappa shape index (κ1) is 11.3. The molecule has 17 heavy (non-hydrogen) atoms. The number of ether oxygens (including phenoxy) is 2. The second kappa shape index (κ2) is 4.78. The SMILES string of the molecule is COc1ccccc1OCc1cc(N)n(C)n1. The lowest BCUT2D eigenvalue weighted by Gasteiger charge is -2.08. The molecule has 5 nitrogen and oxygen atoms in total. The quantitative estimate of drug-likeness (QED) is 0.871. The van der Waals surface area contributed by atoms with Gasteiger partial charge in [-0.25, -0.2) is 0 Å². The molecule has 1 aromatic carbocycles. The Bertz CT molecular complexity index is 489. The van der Waals surface area contributed by atoms with Gasteiger partial charge in [-0.3, -0.25) is 4.68 Å². The van der Waals surface area contributed by atoms with Crippen molar-refractivity contribution in [1.29, 1.82) is 0 Å². The first-order chi connectivity index (χ1) is 8.20. The highest BCUT2D eigenvalue weighted by Crippen LogP contribution is 2.26. The zero-order valence-electron chi connectivity index (χ0n) is 9.88. The number of nitrogen functional groups attached to an aromatic ring is 1. The molecule has 0 saturated carbocycles. The van der Waals surface area contributed by atoms with Crippen molar-refractivity contribution in [3.05, 3.63) is 36.0 Å². The number of nitrogens with zero attached hydrogens (tertiary/aromatic N) is 2. The number of hydrogen-bond acceptors (Lipinski definition) is 4. The van der Waals surface area contributed by atoms with E-state index < -0.39 is 0 Å². The first-order valence-electron chi connectivity index (χ1n) is 5.25. The average Bonchev–Trinajstić information content (AvgIpc) is 2.66. The van der Waals surface area contributed by atoms with Crippen LogP contribution in [0, 0.1) is 0 Å². The van der Waals surface area contributed by atoms with Crippen LogP contribution in [-0.2, 0) is 13.7 Å². The fourth-order valence-corrected chi connectivity index (χ4v) is 1.50. The van der Waals surface area contributed by atoms with E-state index in [4.69, 9.17) is 15.2 Å². The van der Waals surface area contributed by atoms with E-state index >= 15 is 0 Å². The minimum absolute atomic E-state index is 0.366. The fraction of sp³-hybridized carbons (Fsp3) is 0.250. The number of hydrogen-bond donors (Lipinski definition) is 1. The predicted octanol–water partition coefficient (Wildman–Crippen LogP) is 1.59. The van der Waals surface area contributed by atoms with Crippen LogP contribution in [0.3, 0.4) is 0 Å². The molecule has 2 rings (SSSR count). The van der Waals surface area contributed by atoms with E-state index in [0.29, 0.717) is 23.9 Å². The molecule has 0 unspecified atom stereocenters. The van der Waals surface area contributed by atoms with Gasteiger partial charge in [0.05, 0.1) is 7.11 Å². The van der Waals surface area contributed by atoms with E-state index in [0.717, 1.165) is 5.69 Å². The van der Waals surface area contributed by atoms with Gasteiger partial charge in [0.15, 0.2) is 11.5 Å². The van der Waals surface area contributed by atoms with Crippen LogP contribution in [0.15, 0.2) is 30.3 Å². The number of nitrogens with two attached hydrogens (primary N) is 1. The molecule has 0 bridgehead atoms. The van der Waals surface area contributed by atoms with Crippen LogP contribution in [0.2, 0.25) is 0 Å². The Hall–Kier alpha value is -2.17. The van der Waals surface area contributed by atoms with Crippen molar-refractivity contribution in [3.8, 4) is 11.5 Å². The zero-order chi connectivity index (χ0) is 12.3. The predicted molar refractivity (Wildman–Crippen MR) is 64.9 cm³/mol. The van der Waals surface area contributed by atoms with Crippen LogP contribution in [0.5, 0.6) is 11.5 Å². The zero-order valence-corrected chi connectivity index (χ0v) is 9.88. The summed E-state index contributed by atoms with van der Waals surface area (Å²) < 4.78 is 12.4. The molecule has 2 aromatic rings. The summed E-state index contributed by atoms with van der Waals surface area (Å²) in [6.45, 7) is 0.366. The normalized spacial score (nSPS) is 10.2. The molecule has 0 aliphatic rings. The summed E-state index contributed by atoms with van der Waals surface area (Å²) >= 11 is 0. The van der Waals surface area contributed by atoms with Gasteiger partial charge in [0.25, 0.3) is 0 Å². The molecule has 0 radical (unpaired) electrons. The van der Waals surface area contributed by atoms with E-state index in [1.807, 2.05) is 24.3 Å². The number of aryl methyl sites for hydroxylation is 1. The molecule has 0 spiro atoms. The van der Waals surface area contributed by atoms with E-state index in [9.17, 15) is 0 Å². The van der Waals surface area contributed by atoms with Gasteiger partial charge in [0.2, 0.25) is 0 Å². The fourth-order valence-electron chi connectivity index (χ4n) is 1.50. The molecule has 0 aliphatic heterocycles. The molecule has 1 heterocycles. The van der Waals surface area contributed by atoms with Crippen LogP contribution in [0.1, 0.15) is 5.69 Å². The second-order valence-electron chi connectivity index (χ2n) is 3.62. The van der Waals surface area contributed by atoms with Crippen molar-refractivity contribution in [2.24, 2.45) is 7.05 Å². The van der Waals surface area contributed by atoms with Gasteiger partial charge in [0, 0.05) is 13.1 Å². The number of rotatable bonds is 4. The lowest BCUT2D eigenvalue weighted by molar-refractivity contribution is 0.280. The summed E-state index contributed by atoms with van der Waals surface area (Å²) in [5.41, 5.74) is 6.47. The molecular formula is C12H15N3O2. The number of aromatic nitrogens is 2. The lowest BCUT2D eigenvalue weighted by atomic mass is 10.3. The third-order valence-electron chi connectivity index (χ3n) is 2.41. The molecular weight excluding hydrogens is 218 g/mol. The third-order valence-corrected chi connectivity index (χ3v) is 2.41. The first-order valence-corrected chi connectivity index (χ1v) is 5.25. The van der Waals surface area contributed by atoms with Crippen LogP contribution in [0.4, 0.5) is 5.82 Å². The van der Waals surface area contributed by atoms with Crippen molar-refractivity contribution in [2.75, 3.05) is 12.8 Å². The molecule has 90 valence electrons. The standard InChI is InChI=1S/C12H15N3O2/c1-15-12(13)7-9(14-15)8-17-11-6-4-3-5-10(11)16-2/h3-7H,8,13H2,1-2H3. The third kappa shape index (κ3) is 2.50. The van der Waals surface area contributed by atoms with Gasteiger partial charge in [-0.05, 0) is 12.1 Å². The maximum atomic E-state index is 5.69. The Balaban J connectivity index is 2.07. The Labute approximate surface area is 99.8 Å². The van der Waals surface area contributed by atoms with E-state index in [2.05, 4.69) is 5.10 Å². The van der Waals surface area contributed by atoms with Crippen molar-refractivity contribution in [1.82, 2.24) is 9.78 Å². The second-order valence-corrected chi connectivity index (χ2v) is 3.62.